The molecule has 1 fully saturated rings. The third-order valence-electron chi connectivity index (χ3n) is 6.49. The fraction of sp³-hybridized carbons (Fsp3) is 0.417. The van der Waals surface area contributed by atoms with E-state index in [-0.39, 0.29) is 28.7 Å². The fourth-order valence-corrected chi connectivity index (χ4v) is 6.12. The molecule has 1 aromatic carbocycles. The van der Waals surface area contributed by atoms with Gasteiger partial charge in [0.05, 0.1) is 4.90 Å². The minimum absolute atomic E-state index is 0.0254. The number of aromatic nitrogens is 1. The minimum Gasteiger partial charge on any atom is -0.354 e. The number of piperidine rings is 1. The Morgan fingerprint density at radius 2 is 1.91 bits per heavy atom. The summed E-state index contributed by atoms with van der Waals surface area (Å²) in [5.41, 5.74) is 3.40. The van der Waals surface area contributed by atoms with Crippen molar-refractivity contribution in [1.82, 2.24) is 14.6 Å². The first-order valence-electron chi connectivity index (χ1n) is 11.3. The summed E-state index contributed by atoms with van der Waals surface area (Å²) in [6.45, 7) is 6.02. The van der Waals surface area contributed by atoms with E-state index in [0.29, 0.717) is 30.9 Å². The number of hydrogen-bond donors (Lipinski definition) is 3. The number of rotatable bonds is 6. The highest BCUT2D eigenvalue weighted by atomic mass is 32.2. The summed E-state index contributed by atoms with van der Waals surface area (Å²) in [7, 11) is -3.67. The molecule has 3 N–H and O–H groups in total. The average molecular weight is 471 g/mol. The molecule has 0 bridgehead atoms. The molecule has 1 aliphatic heterocycles. The van der Waals surface area contributed by atoms with Gasteiger partial charge >= 0.3 is 0 Å². The quantitative estimate of drug-likeness (QED) is 0.564. The summed E-state index contributed by atoms with van der Waals surface area (Å²) in [6.07, 6.45) is 5.98. The smallest absolute Gasteiger partial charge is 0.272 e. The Bertz CT molecular complexity index is 1130. The molecule has 8 nitrogen and oxygen atoms in total. The summed E-state index contributed by atoms with van der Waals surface area (Å²) in [5, 5.41) is 5.70. The second kappa shape index (κ2) is 9.52. The van der Waals surface area contributed by atoms with Gasteiger partial charge in [-0.2, -0.15) is 4.31 Å². The summed E-state index contributed by atoms with van der Waals surface area (Å²) >= 11 is 0. The first kappa shape index (κ1) is 23.3. The van der Waals surface area contributed by atoms with Crippen molar-refractivity contribution >= 4 is 27.5 Å². The molecule has 2 unspecified atom stereocenters. The zero-order chi connectivity index (χ0) is 23.6. The van der Waals surface area contributed by atoms with Crippen LogP contribution in [0.15, 0.2) is 47.9 Å². The minimum atomic E-state index is -3.67. The molecular formula is C24H30N4O4S. The van der Waals surface area contributed by atoms with Gasteiger partial charge in [-0.05, 0) is 80.0 Å². The molecule has 0 spiro atoms. The Morgan fingerprint density at radius 1 is 1.18 bits per heavy atom. The fourth-order valence-electron chi connectivity index (χ4n) is 4.57. The molecular weight excluding hydrogens is 440 g/mol. The third-order valence-corrected chi connectivity index (χ3v) is 8.37. The lowest BCUT2D eigenvalue weighted by Gasteiger charge is -2.36. The maximum absolute atomic E-state index is 13.1. The summed E-state index contributed by atoms with van der Waals surface area (Å²) in [6, 6.07) is 8.06. The normalized spacial score (nSPS) is 21.1. The highest BCUT2D eigenvalue weighted by Crippen LogP contribution is 2.26. The van der Waals surface area contributed by atoms with Gasteiger partial charge in [-0.25, -0.2) is 8.42 Å². The molecule has 1 aliphatic carbocycles. The lowest BCUT2D eigenvalue weighted by Crippen LogP contribution is -2.51. The van der Waals surface area contributed by atoms with Crippen LogP contribution in [0, 0.1) is 5.92 Å². The van der Waals surface area contributed by atoms with Crippen molar-refractivity contribution in [3.63, 3.8) is 0 Å². The van der Waals surface area contributed by atoms with Gasteiger partial charge in [-0.3, -0.25) is 9.59 Å². The number of aromatic amines is 1. The van der Waals surface area contributed by atoms with Crippen molar-refractivity contribution in [1.29, 1.82) is 0 Å². The second-order valence-corrected chi connectivity index (χ2v) is 10.8. The first-order valence-corrected chi connectivity index (χ1v) is 12.8. The van der Waals surface area contributed by atoms with Crippen LogP contribution < -0.4 is 10.6 Å². The van der Waals surface area contributed by atoms with Crippen LogP contribution in [0.2, 0.25) is 0 Å². The largest absolute Gasteiger partial charge is 0.354 e. The molecule has 0 radical (unpaired) electrons. The van der Waals surface area contributed by atoms with Gasteiger partial charge < -0.3 is 15.6 Å². The van der Waals surface area contributed by atoms with E-state index in [9.17, 15) is 18.0 Å². The van der Waals surface area contributed by atoms with Gasteiger partial charge in [0, 0.05) is 30.5 Å². The van der Waals surface area contributed by atoms with Crippen LogP contribution in [0.5, 0.6) is 0 Å². The number of carbonyl (C=O) groups excluding carboxylic acids is 2. The predicted octanol–water partition coefficient (Wildman–Crippen LogP) is 2.85. The number of amides is 2. The Morgan fingerprint density at radius 3 is 2.58 bits per heavy atom. The predicted molar refractivity (Wildman–Crippen MR) is 126 cm³/mol. The molecule has 2 atom stereocenters. The summed E-state index contributed by atoms with van der Waals surface area (Å²) in [4.78, 5) is 27.6. The third kappa shape index (κ3) is 5.04. The summed E-state index contributed by atoms with van der Waals surface area (Å²) < 4.78 is 27.7. The first-order chi connectivity index (χ1) is 15.8. The number of nitrogens with zero attached hydrogens (tertiary/aromatic N) is 1. The number of hydrogen-bond acceptors (Lipinski definition) is 4. The maximum atomic E-state index is 13.1. The van der Waals surface area contributed by atoms with Gasteiger partial charge in [-0.15, -0.1) is 0 Å². The van der Waals surface area contributed by atoms with Crippen LogP contribution in [0.4, 0.5) is 5.69 Å². The topological polar surface area (TPSA) is 111 Å². The van der Waals surface area contributed by atoms with E-state index < -0.39 is 10.0 Å². The highest BCUT2D eigenvalue weighted by molar-refractivity contribution is 7.89. The Balaban J connectivity index is 1.40. The Labute approximate surface area is 194 Å². The molecule has 2 aromatic rings. The maximum Gasteiger partial charge on any atom is 0.272 e. The number of nitrogens with one attached hydrogen (secondary N) is 3. The molecule has 1 aromatic heterocycles. The number of benzene rings is 1. The van der Waals surface area contributed by atoms with Crippen LogP contribution in [0.25, 0.3) is 0 Å². The van der Waals surface area contributed by atoms with Gasteiger partial charge in [0.15, 0.2) is 0 Å². The monoisotopic (exact) mass is 470 g/mol. The van der Waals surface area contributed by atoms with Crippen molar-refractivity contribution in [2.24, 2.45) is 5.92 Å². The SMILES string of the molecule is C=CC(=O)NC1CCN(S(=O)(=O)c2ccc(NC(=O)c3cc4c([nH]3)CCCC4)cc2)CC1C. The van der Waals surface area contributed by atoms with E-state index >= 15 is 0 Å². The van der Waals surface area contributed by atoms with Crippen molar-refractivity contribution < 1.29 is 18.0 Å². The average Bonchev–Trinajstić information content (AvgIpc) is 3.25. The van der Waals surface area contributed by atoms with E-state index in [2.05, 4.69) is 22.2 Å². The van der Waals surface area contributed by atoms with E-state index in [1.54, 1.807) is 12.1 Å². The molecule has 1 saturated heterocycles. The molecule has 0 saturated carbocycles. The number of carbonyl (C=O) groups is 2. The van der Waals surface area contributed by atoms with Gasteiger partial charge in [0.1, 0.15) is 5.69 Å². The van der Waals surface area contributed by atoms with Crippen molar-refractivity contribution in [3.8, 4) is 0 Å². The van der Waals surface area contributed by atoms with Gasteiger partial charge in [0.25, 0.3) is 5.91 Å². The van der Waals surface area contributed by atoms with Crippen molar-refractivity contribution in [2.75, 3.05) is 18.4 Å². The molecule has 176 valence electrons. The number of fused-ring (bicyclic) bond motifs is 1. The lowest BCUT2D eigenvalue weighted by molar-refractivity contribution is -0.117. The van der Waals surface area contributed by atoms with E-state index in [4.69, 9.17) is 0 Å². The Hall–Kier alpha value is -2.91. The van der Waals surface area contributed by atoms with Crippen LogP contribution in [-0.4, -0.2) is 48.7 Å². The Kier molecular flexibility index (Phi) is 6.71. The van der Waals surface area contributed by atoms with Gasteiger partial charge in [0.2, 0.25) is 15.9 Å². The van der Waals surface area contributed by atoms with Crippen molar-refractivity contribution in [3.05, 3.63) is 59.9 Å². The number of anilines is 1. The van der Waals surface area contributed by atoms with Crippen LogP contribution in [0.1, 0.15) is 47.9 Å². The van der Waals surface area contributed by atoms with Crippen LogP contribution in [0.3, 0.4) is 0 Å². The standard InChI is InChI=1S/C24H30N4O4S/c1-3-23(29)27-20-12-13-28(15-16(20)2)33(31,32)19-10-8-18(9-11-19)25-24(30)22-14-17-6-4-5-7-21(17)26-22/h3,8-11,14,16,20,26H,1,4-7,12-13,15H2,2H3,(H,25,30)(H,27,29). The molecule has 2 aliphatic rings. The van der Waals surface area contributed by atoms with E-state index in [1.165, 1.54) is 28.1 Å². The van der Waals surface area contributed by atoms with Crippen molar-refractivity contribution in [2.45, 2.75) is 50.0 Å². The summed E-state index contributed by atoms with van der Waals surface area (Å²) in [5.74, 6) is -0.514. The number of aryl methyl sites for hydroxylation is 2. The zero-order valence-electron chi connectivity index (χ0n) is 18.8. The molecule has 2 amide bonds. The number of H-pyrrole nitrogens is 1. The van der Waals surface area contributed by atoms with Crippen LogP contribution >= 0.6 is 0 Å². The second-order valence-electron chi connectivity index (χ2n) is 8.82. The lowest BCUT2D eigenvalue weighted by atomic mass is 9.95. The number of sulfonamides is 1. The molecule has 2 heterocycles. The molecule has 4 rings (SSSR count). The van der Waals surface area contributed by atoms with Crippen LogP contribution in [-0.2, 0) is 27.7 Å². The highest BCUT2D eigenvalue weighted by Gasteiger charge is 2.34. The van der Waals surface area contributed by atoms with E-state index in [0.717, 1.165) is 31.4 Å². The molecule has 33 heavy (non-hydrogen) atoms. The van der Waals surface area contributed by atoms with E-state index in [1.807, 2.05) is 13.0 Å². The molecule has 9 heteroatoms. The zero-order valence-corrected chi connectivity index (χ0v) is 19.6. The van der Waals surface area contributed by atoms with Gasteiger partial charge in [-0.1, -0.05) is 13.5 Å².